The molecule has 0 spiro atoms. The lowest BCUT2D eigenvalue weighted by molar-refractivity contribution is -0.144. The summed E-state index contributed by atoms with van der Waals surface area (Å²) >= 11 is 0. The molecule has 0 aliphatic rings. The van der Waals surface area contributed by atoms with Crippen LogP contribution in [0.4, 0.5) is 4.39 Å². The summed E-state index contributed by atoms with van der Waals surface area (Å²) in [6, 6.07) is 12.6. The number of hydrogen-bond donors (Lipinski definition) is 1. The first-order valence-corrected chi connectivity index (χ1v) is 8.23. The highest BCUT2D eigenvalue weighted by atomic mass is 19.1. The van der Waals surface area contributed by atoms with E-state index in [-0.39, 0.29) is 23.9 Å². The number of benzene rings is 2. The van der Waals surface area contributed by atoms with Crippen molar-refractivity contribution in [2.75, 3.05) is 13.7 Å². The zero-order valence-electron chi connectivity index (χ0n) is 14.8. The van der Waals surface area contributed by atoms with Crippen molar-refractivity contribution in [1.82, 2.24) is 15.5 Å². The summed E-state index contributed by atoms with van der Waals surface area (Å²) in [5.74, 6) is -1.19. The van der Waals surface area contributed by atoms with E-state index in [2.05, 4.69) is 15.5 Å². The predicted octanol–water partition coefficient (Wildman–Crippen LogP) is 2.36. The standard InChI is InChI=1S/C19H16FN3O5/c1-26-15-9-5-3-7-13(15)18-22-16(28-23-18)11-27-17(24)10-21-19(25)12-6-2-4-8-14(12)20/h2-9H,10-11H2,1H3,(H,21,25). The minimum absolute atomic E-state index is 0.0784. The molecule has 0 saturated heterocycles. The van der Waals surface area contributed by atoms with Crippen LogP contribution in [0.3, 0.4) is 0 Å². The van der Waals surface area contributed by atoms with Crippen molar-refractivity contribution in [3.05, 3.63) is 65.8 Å². The summed E-state index contributed by atoms with van der Waals surface area (Å²) in [5.41, 5.74) is 0.470. The second-order valence-electron chi connectivity index (χ2n) is 5.54. The zero-order chi connectivity index (χ0) is 19.9. The van der Waals surface area contributed by atoms with E-state index in [0.717, 1.165) is 6.07 Å². The molecule has 144 valence electrons. The van der Waals surface area contributed by atoms with E-state index in [0.29, 0.717) is 11.3 Å². The number of carbonyl (C=O) groups is 2. The maximum atomic E-state index is 13.5. The maximum absolute atomic E-state index is 13.5. The topological polar surface area (TPSA) is 104 Å². The van der Waals surface area contributed by atoms with Crippen molar-refractivity contribution in [2.45, 2.75) is 6.61 Å². The number of rotatable bonds is 7. The first-order valence-electron chi connectivity index (χ1n) is 8.23. The molecule has 0 unspecified atom stereocenters. The summed E-state index contributed by atoms with van der Waals surface area (Å²) in [7, 11) is 1.53. The summed E-state index contributed by atoms with van der Waals surface area (Å²) < 4.78 is 28.8. The number of halogens is 1. The van der Waals surface area contributed by atoms with Crippen molar-refractivity contribution in [1.29, 1.82) is 0 Å². The lowest BCUT2D eigenvalue weighted by atomic mass is 10.2. The van der Waals surface area contributed by atoms with Crippen LogP contribution in [0.2, 0.25) is 0 Å². The Morgan fingerprint density at radius 3 is 2.68 bits per heavy atom. The third kappa shape index (κ3) is 4.50. The fraction of sp³-hybridized carbons (Fsp3) is 0.158. The van der Waals surface area contributed by atoms with Gasteiger partial charge in [-0.3, -0.25) is 9.59 Å². The number of aromatic nitrogens is 2. The lowest BCUT2D eigenvalue weighted by Crippen LogP contribution is -2.31. The van der Waals surface area contributed by atoms with Gasteiger partial charge in [0.1, 0.15) is 18.1 Å². The van der Waals surface area contributed by atoms with Gasteiger partial charge in [-0.2, -0.15) is 4.98 Å². The number of nitrogens with one attached hydrogen (secondary N) is 1. The average Bonchev–Trinajstić information content (AvgIpc) is 3.19. The molecular weight excluding hydrogens is 369 g/mol. The van der Waals surface area contributed by atoms with Crippen LogP contribution in [0.1, 0.15) is 16.2 Å². The van der Waals surface area contributed by atoms with Gasteiger partial charge in [-0.1, -0.05) is 29.4 Å². The number of para-hydroxylation sites is 1. The predicted molar refractivity (Wildman–Crippen MR) is 94.8 cm³/mol. The number of amides is 1. The molecule has 9 heteroatoms. The van der Waals surface area contributed by atoms with E-state index < -0.39 is 24.2 Å². The second kappa shape index (κ2) is 8.76. The van der Waals surface area contributed by atoms with E-state index >= 15 is 0 Å². The largest absolute Gasteiger partial charge is 0.496 e. The van der Waals surface area contributed by atoms with Crippen molar-refractivity contribution < 1.29 is 28.0 Å². The molecule has 1 heterocycles. The number of ether oxygens (including phenoxy) is 2. The van der Waals surface area contributed by atoms with Crippen LogP contribution in [0.5, 0.6) is 5.75 Å². The van der Waals surface area contributed by atoms with E-state index in [1.54, 1.807) is 24.3 Å². The summed E-state index contributed by atoms with van der Waals surface area (Å²) in [6.45, 7) is -0.697. The third-order valence-corrected chi connectivity index (χ3v) is 3.68. The van der Waals surface area contributed by atoms with Gasteiger partial charge in [0, 0.05) is 0 Å². The molecule has 0 aliphatic carbocycles. The van der Waals surface area contributed by atoms with Crippen LogP contribution in [-0.4, -0.2) is 35.7 Å². The van der Waals surface area contributed by atoms with Crippen LogP contribution in [0, 0.1) is 5.82 Å². The molecule has 0 radical (unpaired) electrons. The fourth-order valence-electron chi connectivity index (χ4n) is 2.34. The van der Waals surface area contributed by atoms with Crippen LogP contribution < -0.4 is 10.1 Å². The second-order valence-corrected chi connectivity index (χ2v) is 5.54. The van der Waals surface area contributed by atoms with Gasteiger partial charge in [0.15, 0.2) is 6.61 Å². The normalized spacial score (nSPS) is 10.4. The summed E-state index contributed by atoms with van der Waals surface area (Å²) in [5, 5.41) is 6.11. The van der Waals surface area contributed by atoms with Crippen LogP contribution in [-0.2, 0) is 16.1 Å². The van der Waals surface area contributed by atoms with Crippen molar-refractivity contribution in [3.8, 4) is 17.1 Å². The van der Waals surface area contributed by atoms with Gasteiger partial charge >= 0.3 is 5.97 Å². The van der Waals surface area contributed by atoms with Gasteiger partial charge in [-0.05, 0) is 24.3 Å². The van der Waals surface area contributed by atoms with E-state index in [4.69, 9.17) is 14.0 Å². The van der Waals surface area contributed by atoms with Crippen LogP contribution in [0.25, 0.3) is 11.4 Å². The molecule has 1 N–H and O–H groups in total. The molecule has 2 aromatic carbocycles. The highest BCUT2D eigenvalue weighted by molar-refractivity contribution is 5.96. The van der Waals surface area contributed by atoms with E-state index in [1.165, 1.54) is 25.3 Å². The SMILES string of the molecule is COc1ccccc1-c1noc(COC(=O)CNC(=O)c2ccccc2F)n1. The Labute approximate surface area is 159 Å². The quantitative estimate of drug-likeness (QED) is 0.623. The smallest absolute Gasteiger partial charge is 0.325 e. The minimum Gasteiger partial charge on any atom is -0.496 e. The Balaban J connectivity index is 1.52. The molecule has 1 aromatic heterocycles. The first-order chi connectivity index (χ1) is 13.6. The molecule has 3 aromatic rings. The van der Waals surface area contributed by atoms with Gasteiger partial charge in [0.2, 0.25) is 5.82 Å². The summed E-state index contributed by atoms with van der Waals surface area (Å²) in [6.07, 6.45) is 0. The Bertz CT molecular complexity index is 989. The Morgan fingerprint density at radius 2 is 1.89 bits per heavy atom. The maximum Gasteiger partial charge on any atom is 0.325 e. The minimum atomic E-state index is -0.735. The van der Waals surface area contributed by atoms with Gasteiger partial charge in [-0.25, -0.2) is 4.39 Å². The number of hydrogen-bond acceptors (Lipinski definition) is 7. The number of esters is 1. The molecule has 0 saturated carbocycles. The molecule has 0 atom stereocenters. The zero-order valence-corrected chi connectivity index (χ0v) is 14.8. The molecule has 28 heavy (non-hydrogen) atoms. The molecule has 8 nitrogen and oxygen atoms in total. The number of carbonyl (C=O) groups excluding carboxylic acids is 2. The highest BCUT2D eigenvalue weighted by Crippen LogP contribution is 2.27. The van der Waals surface area contributed by atoms with Gasteiger partial charge in [0.25, 0.3) is 11.8 Å². The number of methoxy groups -OCH3 is 1. The van der Waals surface area contributed by atoms with Crippen molar-refractivity contribution in [2.24, 2.45) is 0 Å². The summed E-state index contributed by atoms with van der Waals surface area (Å²) in [4.78, 5) is 27.8. The fourth-order valence-corrected chi connectivity index (χ4v) is 2.34. The van der Waals surface area contributed by atoms with Crippen LogP contribution in [0.15, 0.2) is 53.1 Å². The van der Waals surface area contributed by atoms with Gasteiger partial charge < -0.3 is 19.3 Å². The average molecular weight is 385 g/mol. The van der Waals surface area contributed by atoms with Crippen molar-refractivity contribution in [3.63, 3.8) is 0 Å². The third-order valence-electron chi connectivity index (χ3n) is 3.68. The molecule has 0 fully saturated rings. The molecule has 3 rings (SSSR count). The van der Waals surface area contributed by atoms with Gasteiger partial charge in [0.05, 0.1) is 18.2 Å². The Morgan fingerprint density at radius 1 is 1.14 bits per heavy atom. The van der Waals surface area contributed by atoms with Crippen molar-refractivity contribution >= 4 is 11.9 Å². The van der Waals surface area contributed by atoms with Gasteiger partial charge in [-0.15, -0.1) is 0 Å². The number of nitrogens with zero attached hydrogens (tertiary/aromatic N) is 2. The van der Waals surface area contributed by atoms with E-state index in [1.807, 2.05) is 0 Å². The molecule has 1 amide bonds. The molecular formula is C19H16FN3O5. The van der Waals surface area contributed by atoms with E-state index in [9.17, 15) is 14.0 Å². The molecule has 0 aliphatic heterocycles. The molecule has 0 bridgehead atoms. The van der Waals surface area contributed by atoms with Crippen LogP contribution >= 0.6 is 0 Å². The Kier molecular flexibility index (Phi) is 5.95. The first kappa shape index (κ1) is 19.0. The highest BCUT2D eigenvalue weighted by Gasteiger charge is 2.15. The Hall–Kier alpha value is -3.75. The lowest BCUT2D eigenvalue weighted by Gasteiger charge is -2.05. The monoisotopic (exact) mass is 385 g/mol.